The van der Waals surface area contributed by atoms with Gasteiger partial charge in [-0.3, -0.25) is 4.90 Å². The van der Waals surface area contributed by atoms with Crippen molar-refractivity contribution >= 4 is 0 Å². The Labute approximate surface area is 112 Å². The second-order valence-electron chi connectivity index (χ2n) is 5.85. The van der Waals surface area contributed by atoms with Crippen molar-refractivity contribution in [1.82, 2.24) is 4.90 Å². The zero-order valence-electron chi connectivity index (χ0n) is 12.9. The fourth-order valence-corrected chi connectivity index (χ4v) is 2.46. The van der Waals surface area contributed by atoms with Crippen molar-refractivity contribution in [3.63, 3.8) is 0 Å². The highest BCUT2D eigenvalue weighted by Crippen LogP contribution is 2.24. The molecule has 0 bridgehead atoms. The van der Waals surface area contributed by atoms with Gasteiger partial charge in [0.15, 0.2) is 0 Å². The molecule has 0 saturated carbocycles. The van der Waals surface area contributed by atoms with Crippen molar-refractivity contribution in [3.05, 3.63) is 23.7 Å². The lowest BCUT2D eigenvalue weighted by Gasteiger charge is -2.29. The quantitative estimate of drug-likeness (QED) is 0.692. The van der Waals surface area contributed by atoms with Crippen LogP contribution in [0.3, 0.4) is 0 Å². The second kappa shape index (κ2) is 6.98. The number of furan rings is 1. The Balaban J connectivity index is 2.68. The highest BCUT2D eigenvalue weighted by Gasteiger charge is 2.16. The van der Waals surface area contributed by atoms with Crippen molar-refractivity contribution in [3.8, 4) is 0 Å². The van der Waals surface area contributed by atoms with Crippen LogP contribution in [0.1, 0.15) is 71.8 Å². The van der Waals surface area contributed by atoms with E-state index in [1.54, 1.807) is 0 Å². The van der Waals surface area contributed by atoms with E-state index in [9.17, 15) is 0 Å². The van der Waals surface area contributed by atoms with E-state index in [2.05, 4.69) is 58.6 Å². The highest BCUT2D eigenvalue weighted by molar-refractivity contribution is 5.11. The van der Waals surface area contributed by atoms with Crippen molar-refractivity contribution in [2.75, 3.05) is 0 Å². The maximum absolute atomic E-state index is 5.99. The number of hydrogen-bond donors (Lipinski definition) is 0. The average molecular weight is 251 g/mol. The molecule has 0 aliphatic heterocycles. The lowest BCUT2D eigenvalue weighted by Crippen LogP contribution is -2.36. The summed E-state index contributed by atoms with van der Waals surface area (Å²) >= 11 is 0. The van der Waals surface area contributed by atoms with Gasteiger partial charge in [-0.2, -0.15) is 0 Å². The molecule has 0 fully saturated rings. The lowest BCUT2D eigenvalue weighted by atomic mass is 10.0. The summed E-state index contributed by atoms with van der Waals surface area (Å²) < 4.78 is 5.99. The van der Waals surface area contributed by atoms with E-state index in [-0.39, 0.29) is 0 Å². The minimum absolute atomic E-state index is 0.537. The fraction of sp³-hybridized carbons (Fsp3) is 0.750. The summed E-state index contributed by atoms with van der Waals surface area (Å²) in [6.07, 6.45) is 2.41. The minimum Gasteiger partial charge on any atom is -0.464 e. The zero-order chi connectivity index (χ0) is 13.7. The number of rotatable bonds is 7. The first kappa shape index (κ1) is 15.3. The Morgan fingerprint density at radius 2 is 1.67 bits per heavy atom. The molecule has 104 valence electrons. The molecule has 1 aromatic rings. The van der Waals surface area contributed by atoms with Gasteiger partial charge in [-0.15, -0.1) is 0 Å². The molecule has 0 aromatic carbocycles. The summed E-state index contributed by atoms with van der Waals surface area (Å²) in [5.74, 6) is 2.77. The predicted octanol–water partition coefficient (Wildman–Crippen LogP) is 4.80. The van der Waals surface area contributed by atoms with Crippen LogP contribution in [0.25, 0.3) is 0 Å². The lowest BCUT2D eigenvalue weighted by molar-refractivity contribution is 0.151. The van der Waals surface area contributed by atoms with Gasteiger partial charge in [-0.05, 0) is 46.2 Å². The molecule has 2 heteroatoms. The molecule has 1 rings (SSSR count). The highest BCUT2D eigenvalue weighted by atomic mass is 16.3. The first-order valence-electron chi connectivity index (χ1n) is 7.30. The van der Waals surface area contributed by atoms with Crippen LogP contribution in [0.15, 0.2) is 16.5 Å². The number of nitrogens with zero attached hydrogens (tertiary/aromatic N) is 1. The summed E-state index contributed by atoms with van der Waals surface area (Å²) in [4.78, 5) is 2.45. The number of hydrogen-bond acceptors (Lipinski definition) is 2. The molecule has 1 aromatic heterocycles. The SMILES string of the molecule is CCCC(C)c1ccc(CN(C(C)C)C(C)C)o1. The van der Waals surface area contributed by atoms with Crippen molar-refractivity contribution in [2.24, 2.45) is 0 Å². The van der Waals surface area contributed by atoms with E-state index < -0.39 is 0 Å². The van der Waals surface area contributed by atoms with Gasteiger partial charge >= 0.3 is 0 Å². The van der Waals surface area contributed by atoms with E-state index >= 15 is 0 Å². The first-order chi connectivity index (χ1) is 8.45. The summed E-state index contributed by atoms with van der Waals surface area (Å²) in [6.45, 7) is 14.3. The van der Waals surface area contributed by atoms with Crippen LogP contribution in [0.2, 0.25) is 0 Å². The van der Waals surface area contributed by atoms with E-state index in [1.165, 1.54) is 12.8 Å². The first-order valence-corrected chi connectivity index (χ1v) is 7.30. The van der Waals surface area contributed by atoms with Crippen LogP contribution in [0.5, 0.6) is 0 Å². The van der Waals surface area contributed by atoms with Gasteiger partial charge in [0.25, 0.3) is 0 Å². The van der Waals surface area contributed by atoms with Crippen LogP contribution >= 0.6 is 0 Å². The molecular formula is C16H29NO. The van der Waals surface area contributed by atoms with Crippen LogP contribution in [-0.4, -0.2) is 17.0 Å². The van der Waals surface area contributed by atoms with Gasteiger partial charge in [0.2, 0.25) is 0 Å². The van der Waals surface area contributed by atoms with Gasteiger partial charge in [0, 0.05) is 18.0 Å². The van der Waals surface area contributed by atoms with E-state index in [0.717, 1.165) is 18.1 Å². The van der Waals surface area contributed by atoms with Crippen molar-refractivity contribution in [2.45, 2.75) is 78.9 Å². The maximum atomic E-state index is 5.99. The molecule has 18 heavy (non-hydrogen) atoms. The minimum atomic E-state index is 0.537. The smallest absolute Gasteiger partial charge is 0.118 e. The van der Waals surface area contributed by atoms with E-state index in [0.29, 0.717) is 18.0 Å². The van der Waals surface area contributed by atoms with E-state index in [4.69, 9.17) is 4.42 Å². The summed E-state index contributed by atoms with van der Waals surface area (Å²) in [5, 5.41) is 0. The molecule has 2 nitrogen and oxygen atoms in total. The monoisotopic (exact) mass is 251 g/mol. The molecular weight excluding hydrogens is 222 g/mol. The maximum Gasteiger partial charge on any atom is 0.118 e. The second-order valence-corrected chi connectivity index (χ2v) is 5.85. The topological polar surface area (TPSA) is 16.4 Å². The molecule has 0 radical (unpaired) electrons. The predicted molar refractivity (Wildman–Crippen MR) is 77.8 cm³/mol. The summed E-state index contributed by atoms with van der Waals surface area (Å²) in [7, 11) is 0. The molecule has 0 saturated heterocycles. The summed E-state index contributed by atoms with van der Waals surface area (Å²) in [5.41, 5.74) is 0. The van der Waals surface area contributed by atoms with Gasteiger partial charge in [0.1, 0.15) is 11.5 Å². The van der Waals surface area contributed by atoms with Crippen molar-refractivity contribution < 1.29 is 4.42 Å². The molecule has 0 spiro atoms. The largest absolute Gasteiger partial charge is 0.464 e. The van der Waals surface area contributed by atoms with Crippen LogP contribution in [0.4, 0.5) is 0 Å². The van der Waals surface area contributed by atoms with Crippen LogP contribution < -0.4 is 0 Å². The average Bonchev–Trinajstić information content (AvgIpc) is 2.73. The third kappa shape index (κ3) is 4.16. The third-order valence-corrected chi connectivity index (χ3v) is 3.55. The van der Waals surface area contributed by atoms with Crippen LogP contribution in [0, 0.1) is 0 Å². The Bertz CT molecular complexity index is 333. The van der Waals surface area contributed by atoms with Gasteiger partial charge in [0.05, 0.1) is 6.54 Å². The van der Waals surface area contributed by atoms with E-state index in [1.807, 2.05) is 0 Å². The third-order valence-electron chi connectivity index (χ3n) is 3.55. The Hall–Kier alpha value is -0.760. The summed E-state index contributed by atoms with van der Waals surface area (Å²) in [6, 6.07) is 5.38. The van der Waals surface area contributed by atoms with Crippen LogP contribution in [-0.2, 0) is 6.54 Å². The molecule has 1 heterocycles. The van der Waals surface area contributed by atoms with Gasteiger partial charge in [-0.25, -0.2) is 0 Å². The van der Waals surface area contributed by atoms with Gasteiger partial charge < -0.3 is 4.42 Å². The molecule has 0 aliphatic carbocycles. The Morgan fingerprint density at radius 1 is 1.06 bits per heavy atom. The Morgan fingerprint density at radius 3 is 2.17 bits per heavy atom. The standard InChI is InChI=1S/C16H29NO/c1-7-8-14(6)16-10-9-15(18-16)11-17(12(2)3)13(4)5/h9-10,12-14H,7-8,11H2,1-6H3. The molecule has 1 unspecified atom stereocenters. The molecule has 0 N–H and O–H groups in total. The molecule has 1 atom stereocenters. The Kier molecular flexibility index (Phi) is 5.94. The fourth-order valence-electron chi connectivity index (χ4n) is 2.46. The van der Waals surface area contributed by atoms with Crippen molar-refractivity contribution in [1.29, 1.82) is 0 Å². The zero-order valence-corrected chi connectivity index (χ0v) is 12.9. The molecule has 0 amide bonds. The van der Waals surface area contributed by atoms with Gasteiger partial charge in [-0.1, -0.05) is 20.3 Å². The normalized spacial score (nSPS) is 13.8. The molecule has 0 aliphatic rings.